The number of amides is 1. The monoisotopic (exact) mass is 410 g/mol. The van der Waals surface area contributed by atoms with Crippen LogP contribution in [0.2, 0.25) is 0 Å². The predicted octanol–water partition coefficient (Wildman–Crippen LogP) is 1.58. The van der Waals surface area contributed by atoms with Crippen molar-refractivity contribution in [2.45, 2.75) is 39.4 Å². The largest absolute Gasteiger partial charge is 0.451 e. The molecule has 0 saturated carbocycles. The van der Waals surface area contributed by atoms with Gasteiger partial charge in [-0.3, -0.25) is 9.89 Å². The Hall–Kier alpha value is -2.21. The minimum atomic E-state index is -4.66. The smallest absolute Gasteiger partial charge is 0.339 e. The molecule has 2 heterocycles. The fourth-order valence-corrected chi connectivity index (χ4v) is 2.09. The first kappa shape index (κ1) is 22.8. The van der Waals surface area contributed by atoms with Gasteiger partial charge in [0.2, 0.25) is 11.6 Å². The van der Waals surface area contributed by atoms with Crippen LogP contribution >= 0.6 is 12.4 Å². The summed E-state index contributed by atoms with van der Waals surface area (Å²) in [5, 5.41) is 9.19. The van der Waals surface area contributed by atoms with Crippen LogP contribution < -0.4 is 5.73 Å². The van der Waals surface area contributed by atoms with E-state index >= 15 is 0 Å². The van der Waals surface area contributed by atoms with Crippen molar-refractivity contribution in [3.63, 3.8) is 0 Å². The van der Waals surface area contributed by atoms with Crippen LogP contribution in [0, 0.1) is 12.8 Å². The highest BCUT2D eigenvalue weighted by Gasteiger charge is 2.36. The summed E-state index contributed by atoms with van der Waals surface area (Å²) in [6, 6.07) is -0.0495. The van der Waals surface area contributed by atoms with Crippen LogP contribution in [0.15, 0.2) is 0 Å². The van der Waals surface area contributed by atoms with Crippen LogP contribution in [0.1, 0.15) is 42.5 Å². The number of carbonyl (C=O) groups is 1. The van der Waals surface area contributed by atoms with Crippen LogP contribution in [0.3, 0.4) is 0 Å². The molecule has 27 heavy (non-hydrogen) atoms. The van der Waals surface area contributed by atoms with Crippen molar-refractivity contribution in [3.05, 3.63) is 17.5 Å². The van der Waals surface area contributed by atoms with Gasteiger partial charge in [0.1, 0.15) is 5.82 Å². The van der Waals surface area contributed by atoms with Crippen molar-refractivity contribution in [2.24, 2.45) is 11.7 Å². The van der Waals surface area contributed by atoms with Crippen LogP contribution in [-0.2, 0) is 6.18 Å². The van der Waals surface area contributed by atoms with Gasteiger partial charge < -0.3 is 10.6 Å². The molecule has 0 saturated heterocycles. The second kappa shape index (κ2) is 8.65. The third kappa shape index (κ3) is 5.39. The molecule has 1 atom stereocenters. The number of halogens is 4. The summed E-state index contributed by atoms with van der Waals surface area (Å²) in [7, 11) is 1.58. The molecule has 0 radical (unpaired) electrons. The number of hydrogen-bond acceptors (Lipinski definition) is 6. The SMILES string of the molecule is Cc1nc(C(=O)N(C)CCC(N)C(C)C)nn1-c1n[nH]c(C(F)(F)F)n1.Cl. The van der Waals surface area contributed by atoms with Crippen LogP contribution in [0.25, 0.3) is 5.95 Å². The summed E-state index contributed by atoms with van der Waals surface area (Å²) in [5.41, 5.74) is 5.96. The molecule has 2 aromatic heterocycles. The number of nitrogens with two attached hydrogens (primary N) is 1. The number of H-pyrrole nitrogens is 1. The molecular formula is C14H22ClF3N8O. The van der Waals surface area contributed by atoms with E-state index in [0.717, 1.165) is 4.68 Å². The van der Waals surface area contributed by atoms with Crippen LogP contribution in [-0.4, -0.2) is 60.4 Å². The second-order valence-corrected chi connectivity index (χ2v) is 6.30. The molecule has 2 aromatic rings. The Balaban J connectivity index is 0.00000364. The normalized spacial score (nSPS) is 12.8. The maximum Gasteiger partial charge on any atom is 0.451 e. The van der Waals surface area contributed by atoms with E-state index in [9.17, 15) is 18.0 Å². The zero-order valence-electron chi connectivity index (χ0n) is 15.3. The van der Waals surface area contributed by atoms with E-state index in [1.165, 1.54) is 11.8 Å². The first-order valence-corrected chi connectivity index (χ1v) is 7.95. The highest BCUT2D eigenvalue weighted by molar-refractivity contribution is 5.90. The Labute approximate surface area is 159 Å². The molecule has 9 nitrogen and oxygen atoms in total. The zero-order chi connectivity index (χ0) is 19.6. The van der Waals surface area contributed by atoms with Gasteiger partial charge in [-0.15, -0.1) is 22.6 Å². The molecule has 0 aromatic carbocycles. The molecule has 0 bridgehead atoms. The summed E-state index contributed by atoms with van der Waals surface area (Å²) in [5.74, 6) is -1.74. The van der Waals surface area contributed by atoms with Gasteiger partial charge in [-0.25, -0.2) is 4.98 Å². The summed E-state index contributed by atoms with van der Waals surface area (Å²) in [6.45, 7) is 5.88. The maximum absolute atomic E-state index is 12.6. The van der Waals surface area contributed by atoms with Crippen molar-refractivity contribution in [3.8, 4) is 5.95 Å². The third-order valence-corrected chi connectivity index (χ3v) is 3.89. The highest BCUT2D eigenvalue weighted by atomic mass is 35.5. The average molecular weight is 411 g/mol. The van der Waals surface area contributed by atoms with Gasteiger partial charge in [-0.2, -0.15) is 22.8 Å². The lowest BCUT2D eigenvalue weighted by molar-refractivity contribution is -0.144. The number of alkyl halides is 3. The molecule has 13 heteroatoms. The van der Waals surface area contributed by atoms with E-state index in [-0.39, 0.29) is 42.0 Å². The average Bonchev–Trinajstić information content (AvgIpc) is 3.17. The predicted molar refractivity (Wildman–Crippen MR) is 92.7 cm³/mol. The lowest BCUT2D eigenvalue weighted by Gasteiger charge is -2.20. The molecule has 1 unspecified atom stereocenters. The number of rotatable bonds is 6. The summed E-state index contributed by atoms with van der Waals surface area (Å²) in [6.07, 6.45) is -4.05. The Morgan fingerprint density at radius 1 is 1.33 bits per heavy atom. The van der Waals surface area contributed by atoms with Crippen molar-refractivity contribution in [1.82, 2.24) is 34.8 Å². The molecule has 3 N–H and O–H groups in total. The Bertz CT molecular complexity index is 773. The second-order valence-electron chi connectivity index (χ2n) is 6.30. The van der Waals surface area contributed by atoms with Crippen LogP contribution in [0.5, 0.6) is 0 Å². The number of aromatic amines is 1. The minimum Gasteiger partial charge on any atom is -0.339 e. The highest BCUT2D eigenvalue weighted by Crippen LogP contribution is 2.26. The molecule has 0 fully saturated rings. The van der Waals surface area contributed by atoms with E-state index in [1.807, 2.05) is 13.8 Å². The van der Waals surface area contributed by atoms with Gasteiger partial charge in [0.15, 0.2) is 0 Å². The lowest BCUT2D eigenvalue weighted by atomic mass is 10.0. The van der Waals surface area contributed by atoms with Gasteiger partial charge in [-0.1, -0.05) is 13.8 Å². The quantitative estimate of drug-likeness (QED) is 0.746. The molecule has 0 aliphatic carbocycles. The minimum absolute atomic E-state index is 0. The summed E-state index contributed by atoms with van der Waals surface area (Å²) in [4.78, 5) is 21.2. The van der Waals surface area contributed by atoms with E-state index in [2.05, 4.69) is 20.2 Å². The number of hydrogen-bond donors (Lipinski definition) is 2. The summed E-state index contributed by atoms with van der Waals surface area (Å²) < 4.78 is 38.8. The molecule has 0 spiro atoms. The van der Waals surface area contributed by atoms with Crippen molar-refractivity contribution < 1.29 is 18.0 Å². The van der Waals surface area contributed by atoms with Gasteiger partial charge in [0.05, 0.1) is 0 Å². The number of carbonyl (C=O) groups excluding carboxylic acids is 1. The van der Waals surface area contributed by atoms with Crippen molar-refractivity contribution in [2.75, 3.05) is 13.6 Å². The molecule has 0 aliphatic heterocycles. The first-order valence-electron chi connectivity index (χ1n) is 7.95. The summed E-state index contributed by atoms with van der Waals surface area (Å²) >= 11 is 0. The number of aromatic nitrogens is 6. The van der Waals surface area contributed by atoms with Crippen molar-refractivity contribution >= 4 is 18.3 Å². The van der Waals surface area contributed by atoms with E-state index in [1.54, 1.807) is 12.1 Å². The Morgan fingerprint density at radius 3 is 2.48 bits per heavy atom. The topological polar surface area (TPSA) is 119 Å². The van der Waals surface area contributed by atoms with Gasteiger partial charge in [-0.05, 0) is 19.3 Å². The van der Waals surface area contributed by atoms with Gasteiger partial charge in [0.25, 0.3) is 11.9 Å². The molecule has 2 rings (SSSR count). The van der Waals surface area contributed by atoms with Gasteiger partial charge >= 0.3 is 6.18 Å². The van der Waals surface area contributed by atoms with Crippen LogP contribution in [0.4, 0.5) is 13.2 Å². The zero-order valence-corrected chi connectivity index (χ0v) is 16.1. The fraction of sp³-hybridized carbons (Fsp3) is 0.643. The maximum atomic E-state index is 12.6. The van der Waals surface area contributed by atoms with Gasteiger partial charge in [0, 0.05) is 19.6 Å². The Kier molecular flexibility index (Phi) is 7.32. The van der Waals surface area contributed by atoms with E-state index in [0.29, 0.717) is 13.0 Å². The third-order valence-electron chi connectivity index (χ3n) is 3.89. The molecular weight excluding hydrogens is 389 g/mol. The number of nitrogens with one attached hydrogen (secondary N) is 1. The Morgan fingerprint density at radius 2 is 1.96 bits per heavy atom. The fourth-order valence-electron chi connectivity index (χ4n) is 2.09. The number of nitrogens with zero attached hydrogens (tertiary/aromatic N) is 6. The first-order chi connectivity index (χ1) is 12.0. The molecule has 152 valence electrons. The standard InChI is InChI=1S/C14H21F3N8O.ClH/c1-7(2)9(18)5-6-24(4)11(26)10-19-8(3)25(23-10)13-20-12(21-22-13)14(15,16)17;/h7,9H,5-6,18H2,1-4H3,(H,20,21,22);1H. The molecule has 1 amide bonds. The molecule has 0 aliphatic rings. The number of aryl methyl sites for hydroxylation is 1. The van der Waals surface area contributed by atoms with E-state index < -0.39 is 17.9 Å². The lowest BCUT2D eigenvalue weighted by Crippen LogP contribution is -2.35. The van der Waals surface area contributed by atoms with Crippen molar-refractivity contribution in [1.29, 1.82) is 0 Å². The van der Waals surface area contributed by atoms with E-state index in [4.69, 9.17) is 5.73 Å².